The topological polar surface area (TPSA) is 78.8 Å². The lowest BCUT2D eigenvalue weighted by Crippen LogP contribution is -2.38. The molecule has 0 radical (unpaired) electrons. The van der Waals surface area contributed by atoms with Gasteiger partial charge in [0.2, 0.25) is 0 Å². The van der Waals surface area contributed by atoms with E-state index in [4.69, 9.17) is 4.74 Å². The van der Waals surface area contributed by atoms with Crippen LogP contribution >= 0.6 is 24.0 Å². The molecule has 1 aromatic heterocycles. The number of nitrogens with one attached hydrogen (secondary N) is 2. The lowest BCUT2D eigenvalue weighted by molar-refractivity contribution is 0.168. The Morgan fingerprint density at radius 2 is 1.93 bits per heavy atom. The van der Waals surface area contributed by atoms with Crippen LogP contribution in [0.2, 0.25) is 0 Å². The number of ether oxygens (including phenoxy) is 1. The Hall–Kier alpha value is -1.87. The Kier molecular flexibility index (Phi) is 10.8. The van der Waals surface area contributed by atoms with Crippen LogP contribution in [0.4, 0.5) is 0 Å². The summed E-state index contributed by atoms with van der Waals surface area (Å²) in [7, 11) is 1.67. The Balaban J connectivity index is 0.00000392. The number of pyridine rings is 1. The standard InChI is InChI=1S/C21H30N4O2.HI/c1-5-22-21(23-12-11-19(26)17-9-7-6-8-10-17)25-14-18-16(3)20(27-4)15(2)13-24-18;/h6-10,13,19,26H,5,11-12,14H2,1-4H3,(H2,22,23,25);1H. The zero-order valence-electron chi connectivity index (χ0n) is 17.0. The molecule has 0 saturated heterocycles. The van der Waals surface area contributed by atoms with E-state index in [0.717, 1.165) is 34.7 Å². The van der Waals surface area contributed by atoms with Crippen molar-refractivity contribution in [2.75, 3.05) is 20.2 Å². The van der Waals surface area contributed by atoms with Crippen LogP contribution in [-0.2, 0) is 6.54 Å². The molecule has 154 valence electrons. The number of aliphatic hydroxyl groups is 1. The number of aliphatic hydroxyl groups excluding tert-OH is 1. The number of rotatable bonds is 8. The fraction of sp³-hybridized carbons (Fsp3) is 0.429. The van der Waals surface area contributed by atoms with Crippen LogP contribution in [0.3, 0.4) is 0 Å². The summed E-state index contributed by atoms with van der Waals surface area (Å²) in [4.78, 5) is 9.10. The monoisotopic (exact) mass is 498 g/mol. The van der Waals surface area contributed by atoms with E-state index < -0.39 is 6.10 Å². The van der Waals surface area contributed by atoms with Crippen molar-refractivity contribution in [1.82, 2.24) is 15.6 Å². The molecule has 1 atom stereocenters. The van der Waals surface area contributed by atoms with Crippen molar-refractivity contribution in [2.45, 2.75) is 39.8 Å². The third-order valence-electron chi connectivity index (χ3n) is 4.38. The SMILES string of the molecule is CCNC(=NCc1ncc(C)c(OC)c1C)NCCC(O)c1ccccc1.I. The maximum atomic E-state index is 10.3. The predicted molar refractivity (Wildman–Crippen MR) is 125 cm³/mol. The largest absolute Gasteiger partial charge is 0.496 e. The van der Waals surface area contributed by atoms with Gasteiger partial charge in [0.05, 0.1) is 25.5 Å². The van der Waals surface area contributed by atoms with Gasteiger partial charge in [-0.15, -0.1) is 24.0 Å². The Morgan fingerprint density at radius 1 is 1.21 bits per heavy atom. The first kappa shape index (κ1) is 24.2. The molecule has 3 N–H and O–H groups in total. The molecule has 6 nitrogen and oxygen atoms in total. The van der Waals surface area contributed by atoms with Crippen molar-refractivity contribution in [3.63, 3.8) is 0 Å². The highest BCUT2D eigenvalue weighted by atomic mass is 127. The number of nitrogens with zero attached hydrogens (tertiary/aromatic N) is 2. The highest BCUT2D eigenvalue weighted by molar-refractivity contribution is 14.0. The summed E-state index contributed by atoms with van der Waals surface area (Å²) >= 11 is 0. The van der Waals surface area contributed by atoms with E-state index in [0.29, 0.717) is 25.5 Å². The molecule has 1 heterocycles. The zero-order valence-corrected chi connectivity index (χ0v) is 19.4. The van der Waals surface area contributed by atoms with Crippen molar-refractivity contribution in [2.24, 2.45) is 4.99 Å². The minimum atomic E-state index is -0.494. The molecule has 0 aliphatic carbocycles. The average Bonchev–Trinajstić information content (AvgIpc) is 2.68. The first-order valence-electron chi connectivity index (χ1n) is 9.31. The molecule has 0 aliphatic rings. The molecule has 2 rings (SSSR count). The van der Waals surface area contributed by atoms with Gasteiger partial charge in [0.1, 0.15) is 5.75 Å². The van der Waals surface area contributed by atoms with Crippen molar-refractivity contribution >= 4 is 29.9 Å². The second-order valence-electron chi connectivity index (χ2n) is 6.38. The van der Waals surface area contributed by atoms with E-state index in [2.05, 4.69) is 20.6 Å². The molecule has 1 unspecified atom stereocenters. The van der Waals surface area contributed by atoms with Crippen LogP contribution in [0.1, 0.15) is 41.8 Å². The minimum absolute atomic E-state index is 0. The Labute approximate surface area is 184 Å². The number of aliphatic imine (C=N–C) groups is 1. The molecule has 0 bridgehead atoms. The summed E-state index contributed by atoms with van der Waals surface area (Å²) in [6.45, 7) is 7.84. The molecule has 1 aromatic carbocycles. The predicted octanol–water partition coefficient (Wildman–Crippen LogP) is 3.50. The highest BCUT2D eigenvalue weighted by Gasteiger charge is 2.10. The summed E-state index contributed by atoms with van der Waals surface area (Å²) < 4.78 is 5.46. The van der Waals surface area contributed by atoms with Crippen molar-refractivity contribution in [1.29, 1.82) is 0 Å². The number of halogens is 1. The number of hydrogen-bond donors (Lipinski definition) is 3. The van der Waals surface area contributed by atoms with Crippen LogP contribution in [0.15, 0.2) is 41.5 Å². The van der Waals surface area contributed by atoms with Crippen molar-refractivity contribution < 1.29 is 9.84 Å². The van der Waals surface area contributed by atoms with Crippen molar-refractivity contribution in [3.8, 4) is 5.75 Å². The minimum Gasteiger partial charge on any atom is -0.496 e. The summed E-state index contributed by atoms with van der Waals surface area (Å²) in [5.74, 6) is 1.57. The molecule has 7 heteroatoms. The van der Waals surface area contributed by atoms with E-state index in [1.165, 1.54) is 0 Å². The first-order valence-corrected chi connectivity index (χ1v) is 9.31. The Bertz CT molecular complexity index is 754. The van der Waals surface area contributed by atoms with Gasteiger partial charge < -0.3 is 20.5 Å². The fourth-order valence-corrected chi connectivity index (χ4v) is 2.90. The number of methoxy groups -OCH3 is 1. The molecule has 0 saturated carbocycles. The lowest BCUT2D eigenvalue weighted by Gasteiger charge is -2.15. The highest BCUT2D eigenvalue weighted by Crippen LogP contribution is 2.24. The van der Waals surface area contributed by atoms with Crippen molar-refractivity contribution in [3.05, 3.63) is 58.9 Å². The van der Waals surface area contributed by atoms with Crippen LogP contribution < -0.4 is 15.4 Å². The summed E-state index contributed by atoms with van der Waals surface area (Å²) in [6, 6.07) is 9.68. The van der Waals surface area contributed by atoms with Gasteiger partial charge in [0, 0.05) is 30.4 Å². The van der Waals surface area contributed by atoms with Gasteiger partial charge in [-0.3, -0.25) is 4.98 Å². The molecule has 0 aliphatic heterocycles. The molecular weight excluding hydrogens is 467 g/mol. The summed E-state index contributed by atoms with van der Waals surface area (Å²) in [5.41, 5.74) is 3.84. The maximum absolute atomic E-state index is 10.3. The van der Waals surface area contributed by atoms with Crippen LogP contribution in [0.25, 0.3) is 0 Å². The van der Waals surface area contributed by atoms with Gasteiger partial charge in [-0.05, 0) is 32.8 Å². The number of aryl methyl sites for hydroxylation is 1. The first-order chi connectivity index (χ1) is 13.1. The van der Waals surface area contributed by atoms with E-state index in [1.54, 1.807) is 7.11 Å². The number of benzene rings is 1. The maximum Gasteiger partial charge on any atom is 0.191 e. The van der Waals surface area contributed by atoms with E-state index in [-0.39, 0.29) is 24.0 Å². The lowest BCUT2D eigenvalue weighted by atomic mass is 10.1. The fourth-order valence-electron chi connectivity index (χ4n) is 2.90. The van der Waals surface area contributed by atoms with Gasteiger partial charge in [-0.1, -0.05) is 30.3 Å². The van der Waals surface area contributed by atoms with E-state index in [1.807, 2.05) is 57.3 Å². The second-order valence-corrected chi connectivity index (χ2v) is 6.38. The van der Waals surface area contributed by atoms with Gasteiger partial charge in [-0.25, -0.2) is 4.99 Å². The van der Waals surface area contributed by atoms with Gasteiger partial charge in [-0.2, -0.15) is 0 Å². The quantitative estimate of drug-likeness (QED) is 0.295. The van der Waals surface area contributed by atoms with Gasteiger partial charge >= 0.3 is 0 Å². The zero-order chi connectivity index (χ0) is 19.6. The van der Waals surface area contributed by atoms with E-state index >= 15 is 0 Å². The molecule has 0 spiro atoms. The summed E-state index contributed by atoms with van der Waals surface area (Å²) in [5, 5.41) is 16.8. The molecule has 28 heavy (non-hydrogen) atoms. The van der Waals surface area contributed by atoms with Gasteiger partial charge in [0.25, 0.3) is 0 Å². The second kappa shape index (κ2) is 12.6. The number of guanidine groups is 1. The third-order valence-corrected chi connectivity index (χ3v) is 4.38. The molecule has 0 amide bonds. The average molecular weight is 498 g/mol. The van der Waals surface area contributed by atoms with Crippen LogP contribution in [0.5, 0.6) is 5.75 Å². The molecule has 2 aromatic rings. The van der Waals surface area contributed by atoms with Gasteiger partial charge in [0.15, 0.2) is 5.96 Å². The Morgan fingerprint density at radius 3 is 2.57 bits per heavy atom. The normalized spacial score (nSPS) is 12.1. The van der Waals surface area contributed by atoms with Crippen LogP contribution in [0, 0.1) is 13.8 Å². The van der Waals surface area contributed by atoms with E-state index in [9.17, 15) is 5.11 Å². The number of aromatic nitrogens is 1. The third kappa shape index (κ3) is 6.94. The van der Waals surface area contributed by atoms with Crippen LogP contribution in [-0.4, -0.2) is 36.2 Å². The number of hydrogen-bond acceptors (Lipinski definition) is 4. The molecular formula is C21H31IN4O2. The summed E-state index contributed by atoms with van der Waals surface area (Å²) in [6.07, 6.45) is 1.92. The smallest absolute Gasteiger partial charge is 0.191 e. The molecule has 0 fully saturated rings.